The van der Waals surface area contributed by atoms with Crippen LogP contribution in [0.25, 0.3) is 11.1 Å². The fourth-order valence-electron chi connectivity index (χ4n) is 4.69. The molecule has 5 N–H and O–H groups in total. The van der Waals surface area contributed by atoms with E-state index in [2.05, 4.69) is 56.5 Å². The van der Waals surface area contributed by atoms with Crippen molar-refractivity contribution in [3.05, 3.63) is 89.6 Å². The van der Waals surface area contributed by atoms with Gasteiger partial charge in [0.15, 0.2) is 5.82 Å². The van der Waals surface area contributed by atoms with Crippen LogP contribution in [-0.2, 0) is 6.54 Å². The number of imidazole rings is 1. The number of nitrogens with zero attached hydrogens (tertiary/aromatic N) is 4. The van der Waals surface area contributed by atoms with Crippen molar-refractivity contribution >= 4 is 5.91 Å². The normalized spacial score (nSPS) is 18.0. The number of hydrogen-bond acceptors (Lipinski definition) is 8. The second-order valence-electron chi connectivity index (χ2n) is 9.66. The van der Waals surface area contributed by atoms with E-state index in [-0.39, 0.29) is 12.5 Å². The van der Waals surface area contributed by atoms with Crippen LogP contribution < -0.4 is 11.1 Å². The van der Waals surface area contributed by atoms with Gasteiger partial charge in [0.05, 0.1) is 13.2 Å². The van der Waals surface area contributed by atoms with Crippen molar-refractivity contribution in [3.8, 4) is 23.0 Å². The number of nitrogens with one attached hydrogen (secondary N) is 1. The quantitative estimate of drug-likeness (QED) is 0.243. The van der Waals surface area contributed by atoms with Crippen LogP contribution in [-0.4, -0.2) is 48.5 Å². The third-order valence-corrected chi connectivity index (χ3v) is 6.93. The molecule has 10 heteroatoms. The Labute approximate surface area is 225 Å². The van der Waals surface area contributed by atoms with Crippen LogP contribution in [0.4, 0.5) is 0 Å². The molecule has 0 spiro atoms. The highest BCUT2D eigenvalue weighted by molar-refractivity contribution is 5.87. The summed E-state index contributed by atoms with van der Waals surface area (Å²) in [6, 6.07) is 16.5. The number of carbonyl (C=O) groups excluding carboxylic acids is 1. The number of amides is 1. The van der Waals surface area contributed by atoms with Crippen molar-refractivity contribution in [2.75, 3.05) is 6.61 Å². The Hall–Kier alpha value is -4.30. The first-order valence-corrected chi connectivity index (χ1v) is 12.8. The molecule has 5 rings (SSSR count). The van der Waals surface area contributed by atoms with Gasteiger partial charge in [-0.15, -0.1) is 0 Å². The highest BCUT2D eigenvalue weighted by Gasteiger charge is 2.30. The molecule has 0 radical (unpaired) electrons. The largest absolute Gasteiger partial charge is 0.393 e. The molecule has 2 heterocycles. The Morgan fingerprint density at radius 3 is 2.49 bits per heavy atom. The van der Waals surface area contributed by atoms with Gasteiger partial charge in [-0.05, 0) is 54.5 Å². The molecule has 0 bridgehead atoms. The molecule has 0 saturated heterocycles. The number of aromatic nitrogens is 4. The van der Waals surface area contributed by atoms with Crippen molar-refractivity contribution < 1.29 is 19.5 Å². The predicted octanol–water partition coefficient (Wildman–Crippen LogP) is 2.71. The Balaban J connectivity index is 1.14. The molecule has 10 nitrogen and oxygen atoms in total. The van der Waals surface area contributed by atoms with Crippen molar-refractivity contribution in [2.24, 2.45) is 5.73 Å². The summed E-state index contributed by atoms with van der Waals surface area (Å²) in [5.41, 5.74) is 9.51. The third-order valence-electron chi connectivity index (χ3n) is 6.93. The molecule has 2 atom stereocenters. The van der Waals surface area contributed by atoms with E-state index in [0.717, 1.165) is 29.5 Å². The second kappa shape index (κ2) is 11.6. The maximum absolute atomic E-state index is 11.1. The van der Waals surface area contributed by atoms with Crippen LogP contribution in [0.3, 0.4) is 0 Å². The topological polar surface area (TPSA) is 152 Å². The van der Waals surface area contributed by atoms with Crippen molar-refractivity contribution in [3.63, 3.8) is 0 Å². The molecule has 0 aliphatic heterocycles. The zero-order valence-corrected chi connectivity index (χ0v) is 21.5. The monoisotopic (exact) mass is 526 g/mol. The maximum Gasteiger partial charge on any atom is 0.315 e. The second-order valence-corrected chi connectivity index (χ2v) is 9.66. The number of carbonyl (C=O) groups is 1. The summed E-state index contributed by atoms with van der Waals surface area (Å²) in [6.45, 7) is 1.89. The van der Waals surface area contributed by atoms with E-state index in [4.69, 9.17) is 10.3 Å². The first kappa shape index (κ1) is 26.3. The van der Waals surface area contributed by atoms with Crippen LogP contribution in [0, 0.1) is 11.8 Å². The van der Waals surface area contributed by atoms with Gasteiger partial charge in [-0.3, -0.25) is 4.79 Å². The lowest BCUT2D eigenvalue weighted by atomic mass is 9.75. The van der Waals surface area contributed by atoms with Gasteiger partial charge in [0, 0.05) is 24.0 Å². The number of hydrogen-bond donors (Lipinski definition) is 4. The van der Waals surface area contributed by atoms with Crippen LogP contribution >= 0.6 is 0 Å². The minimum Gasteiger partial charge on any atom is -0.393 e. The van der Waals surface area contributed by atoms with Gasteiger partial charge in [0.1, 0.15) is 18.0 Å². The molecule has 1 unspecified atom stereocenters. The standard InChI is InChI=1S/C29H30N6O4/c1-18(37)28-31-12-13-35(28)25(17-36)11-4-19-2-5-20(6-3-19)21-7-9-22(10-8-21)23-14-24(15-23)32-16-26-33-29(27(30)38)39-34-26/h2-3,5-10,12-13,18,23-25,32,36-37H,14-17H2,1H3,(H2,30,38)/t18-,23?,24?,25?/m0/s1. The first-order valence-electron chi connectivity index (χ1n) is 12.8. The SMILES string of the molecule is C[C@H](O)c1nccn1C(C#Cc1ccc(-c2ccc(C3CC(NCc4noc(C(N)=O)n4)C3)cc2)cc1)CO. The van der Waals surface area contributed by atoms with Crippen LogP contribution in [0.5, 0.6) is 0 Å². The lowest BCUT2D eigenvalue weighted by Gasteiger charge is -2.36. The Morgan fingerprint density at radius 1 is 1.18 bits per heavy atom. The van der Waals surface area contributed by atoms with Gasteiger partial charge in [-0.25, -0.2) is 4.98 Å². The summed E-state index contributed by atoms with van der Waals surface area (Å²) in [5.74, 6) is 6.68. The van der Waals surface area contributed by atoms with Gasteiger partial charge in [0.2, 0.25) is 0 Å². The zero-order valence-electron chi connectivity index (χ0n) is 21.5. The number of aliphatic hydroxyl groups is 2. The fourth-order valence-corrected chi connectivity index (χ4v) is 4.69. The molecule has 1 aliphatic carbocycles. The van der Waals surface area contributed by atoms with Crippen LogP contribution in [0.15, 0.2) is 65.4 Å². The number of rotatable bonds is 9. The summed E-state index contributed by atoms with van der Waals surface area (Å²) < 4.78 is 6.50. The van der Waals surface area contributed by atoms with Gasteiger partial charge >= 0.3 is 11.8 Å². The van der Waals surface area contributed by atoms with E-state index in [1.165, 1.54) is 5.56 Å². The molecule has 39 heavy (non-hydrogen) atoms. The zero-order chi connectivity index (χ0) is 27.4. The molecule has 2 aromatic heterocycles. The Kier molecular flexibility index (Phi) is 7.84. The molecular weight excluding hydrogens is 496 g/mol. The van der Waals surface area contributed by atoms with Crippen molar-refractivity contribution in [1.82, 2.24) is 25.0 Å². The molecule has 2 aromatic carbocycles. The Bertz CT molecular complexity index is 1470. The average molecular weight is 527 g/mol. The molecule has 1 amide bonds. The predicted molar refractivity (Wildman–Crippen MR) is 143 cm³/mol. The lowest BCUT2D eigenvalue weighted by Crippen LogP contribution is -2.39. The minimum absolute atomic E-state index is 0.172. The van der Waals surface area contributed by atoms with E-state index < -0.39 is 18.1 Å². The van der Waals surface area contributed by atoms with E-state index in [9.17, 15) is 15.0 Å². The highest BCUT2D eigenvalue weighted by atomic mass is 16.5. The van der Waals surface area contributed by atoms with E-state index in [0.29, 0.717) is 30.2 Å². The average Bonchev–Trinajstić information content (AvgIpc) is 3.60. The summed E-state index contributed by atoms with van der Waals surface area (Å²) in [6.07, 6.45) is 4.59. The number of aliphatic hydroxyl groups excluding tert-OH is 2. The van der Waals surface area contributed by atoms with Crippen molar-refractivity contribution in [2.45, 2.75) is 50.4 Å². The van der Waals surface area contributed by atoms with Crippen molar-refractivity contribution in [1.29, 1.82) is 0 Å². The third kappa shape index (κ3) is 6.07. The molecule has 1 aliphatic rings. The van der Waals surface area contributed by atoms with Gasteiger partial charge in [-0.1, -0.05) is 53.4 Å². The molecule has 1 fully saturated rings. The van der Waals surface area contributed by atoms with Crippen LogP contribution in [0.2, 0.25) is 0 Å². The van der Waals surface area contributed by atoms with E-state index in [1.54, 1.807) is 23.9 Å². The van der Waals surface area contributed by atoms with Crippen LogP contribution in [0.1, 0.15) is 71.3 Å². The molecule has 200 valence electrons. The number of primary amides is 1. The first-order chi connectivity index (χ1) is 18.9. The van der Waals surface area contributed by atoms with Gasteiger partial charge in [0.25, 0.3) is 0 Å². The minimum atomic E-state index is -0.744. The van der Waals surface area contributed by atoms with E-state index >= 15 is 0 Å². The number of nitrogens with two attached hydrogens (primary N) is 1. The summed E-state index contributed by atoms with van der Waals surface area (Å²) >= 11 is 0. The Morgan fingerprint density at radius 2 is 1.87 bits per heavy atom. The lowest BCUT2D eigenvalue weighted by molar-refractivity contribution is 0.0958. The molecule has 1 saturated carbocycles. The summed E-state index contributed by atoms with van der Waals surface area (Å²) in [5, 5.41) is 26.8. The smallest absolute Gasteiger partial charge is 0.315 e. The summed E-state index contributed by atoms with van der Waals surface area (Å²) in [7, 11) is 0. The maximum atomic E-state index is 11.1. The van der Waals surface area contributed by atoms with Gasteiger partial charge in [-0.2, -0.15) is 4.98 Å². The molecule has 4 aromatic rings. The molecular formula is C29H30N6O4. The fraction of sp³-hybridized carbons (Fsp3) is 0.310. The van der Waals surface area contributed by atoms with E-state index in [1.807, 2.05) is 24.3 Å². The van der Waals surface area contributed by atoms with Gasteiger partial charge < -0.3 is 30.4 Å². The summed E-state index contributed by atoms with van der Waals surface area (Å²) in [4.78, 5) is 19.2. The highest BCUT2D eigenvalue weighted by Crippen LogP contribution is 2.37. The number of benzene rings is 2.